The van der Waals surface area contributed by atoms with Crippen molar-refractivity contribution in [2.45, 2.75) is 31.2 Å². The summed E-state index contributed by atoms with van der Waals surface area (Å²) in [7, 11) is -0.422. The van der Waals surface area contributed by atoms with Gasteiger partial charge in [-0.15, -0.1) is 0 Å². The minimum absolute atomic E-state index is 0.0123. The molecule has 264 valence electrons. The van der Waals surface area contributed by atoms with E-state index in [0.29, 0.717) is 5.56 Å². The molecule has 49 heavy (non-hydrogen) atoms. The van der Waals surface area contributed by atoms with E-state index in [1.165, 1.54) is 42.3 Å². The van der Waals surface area contributed by atoms with Gasteiger partial charge >= 0.3 is 6.18 Å². The molecule has 0 bridgehead atoms. The Morgan fingerprint density at radius 3 is 2.29 bits per heavy atom. The van der Waals surface area contributed by atoms with Gasteiger partial charge in [0.2, 0.25) is 16.1 Å². The Morgan fingerprint density at radius 1 is 1.08 bits per heavy atom. The fourth-order valence-electron chi connectivity index (χ4n) is 6.14. The maximum atomic E-state index is 15.7. The maximum absolute atomic E-state index is 15.7. The average Bonchev–Trinajstić information content (AvgIpc) is 3.34. The molecule has 2 aliphatic heterocycles. The first-order chi connectivity index (χ1) is 23.0. The summed E-state index contributed by atoms with van der Waals surface area (Å²) in [6, 6.07) is 7.44. The van der Waals surface area contributed by atoms with Crippen LogP contribution in [0.25, 0.3) is 0 Å². The van der Waals surface area contributed by atoms with Gasteiger partial charge in [0, 0.05) is 56.5 Å². The number of pyridine rings is 1. The van der Waals surface area contributed by atoms with Crippen molar-refractivity contribution in [1.82, 2.24) is 14.6 Å². The predicted molar refractivity (Wildman–Crippen MR) is 174 cm³/mol. The average molecular weight is 730 g/mol. The summed E-state index contributed by atoms with van der Waals surface area (Å²) in [5.74, 6) is -4.18. The van der Waals surface area contributed by atoms with E-state index in [1.54, 1.807) is 6.92 Å². The molecule has 1 N–H and O–H groups in total. The van der Waals surface area contributed by atoms with E-state index in [-0.39, 0.29) is 54.5 Å². The van der Waals surface area contributed by atoms with Gasteiger partial charge in [0.25, 0.3) is 11.8 Å². The van der Waals surface area contributed by atoms with Crippen LogP contribution in [-0.2, 0) is 21.0 Å². The first-order valence-corrected chi connectivity index (χ1v) is 17.4. The van der Waals surface area contributed by atoms with Crippen LogP contribution in [0.5, 0.6) is 11.5 Å². The SMILES string of the molecule is COc1cc(C)c([C@@H]2CN(c3nccc(N4CCN(S(C)(=O)=O)CC4)c3C(F)(F)F)C(=O)[C@H]2NC(=O)c2ccc(OC(F)P)cc2)c(F)c1. The Kier molecular flexibility index (Phi) is 10.4. The van der Waals surface area contributed by atoms with Gasteiger partial charge in [0.1, 0.15) is 34.7 Å². The van der Waals surface area contributed by atoms with Gasteiger partial charge in [-0.3, -0.25) is 14.5 Å². The molecule has 1 aromatic heterocycles. The van der Waals surface area contributed by atoms with Gasteiger partial charge in [-0.25, -0.2) is 17.8 Å². The molecule has 2 aliphatic rings. The minimum atomic E-state index is -5.02. The number of carbonyl (C=O) groups is 2. The number of anilines is 2. The number of aryl methyl sites for hydroxylation is 1. The van der Waals surface area contributed by atoms with Crippen LogP contribution in [-0.4, -0.2) is 87.8 Å². The second kappa shape index (κ2) is 14.0. The number of carbonyl (C=O) groups excluding carboxylic acids is 2. The molecule has 18 heteroatoms. The normalized spacial score (nSPS) is 19.6. The van der Waals surface area contributed by atoms with Crippen LogP contribution in [0.2, 0.25) is 0 Å². The van der Waals surface area contributed by atoms with Crippen molar-refractivity contribution in [3.8, 4) is 11.5 Å². The van der Waals surface area contributed by atoms with Gasteiger partial charge < -0.3 is 19.7 Å². The first kappa shape index (κ1) is 36.2. The fraction of sp³-hybridized carbons (Fsp3) is 0.387. The molecule has 0 saturated carbocycles. The van der Waals surface area contributed by atoms with E-state index >= 15 is 4.39 Å². The molecule has 2 unspecified atom stereocenters. The number of nitrogens with zero attached hydrogens (tertiary/aromatic N) is 4. The lowest BCUT2D eigenvalue weighted by atomic mass is 9.89. The predicted octanol–water partition coefficient (Wildman–Crippen LogP) is 4.07. The summed E-state index contributed by atoms with van der Waals surface area (Å²) in [6.45, 7) is 0.846. The van der Waals surface area contributed by atoms with E-state index in [9.17, 15) is 35.6 Å². The molecule has 0 radical (unpaired) electrons. The molecule has 2 amide bonds. The Morgan fingerprint density at radius 2 is 1.73 bits per heavy atom. The topological polar surface area (TPSA) is 121 Å². The van der Waals surface area contributed by atoms with Crippen LogP contribution in [0, 0.1) is 12.7 Å². The van der Waals surface area contributed by atoms with Crippen molar-refractivity contribution in [3.63, 3.8) is 0 Å². The third kappa shape index (κ3) is 7.73. The quantitative estimate of drug-likeness (QED) is 0.259. The Balaban J connectivity index is 1.55. The van der Waals surface area contributed by atoms with Gasteiger partial charge in [-0.2, -0.15) is 21.9 Å². The number of hydrogen-bond donors (Lipinski definition) is 1. The number of hydrogen-bond acceptors (Lipinski definition) is 8. The van der Waals surface area contributed by atoms with Crippen LogP contribution in [0.1, 0.15) is 33.0 Å². The number of halogens is 5. The monoisotopic (exact) mass is 729 g/mol. The first-order valence-electron chi connectivity index (χ1n) is 14.9. The fourth-order valence-corrected chi connectivity index (χ4v) is 7.12. The number of alkyl halides is 4. The zero-order chi connectivity index (χ0) is 35.8. The summed E-state index contributed by atoms with van der Waals surface area (Å²) in [6.07, 6.45) is -4.60. The lowest BCUT2D eigenvalue weighted by Gasteiger charge is -2.36. The van der Waals surface area contributed by atoms with Crippen LogP contribution in [0.3, 0.4) is 0 Å². The molecule has 4 atom stereocenters. The van der Waals surface area contributed by atoms with E-state index in [2.05, 4.69) is 10.3 Å². The number of ether oxygens (including phenoxy) is 2. The molecular formula is C31H33F5N5O6PS. The highest BCUT2D eigenvalue weighted by molar-refractivity contribution is 7.88. The number of piperazine rings is 1. The van der Waals surface area contributed by atoms with Crippen molar-refractivity contribution < 1.29 is 49.4 Å². The molecule has 5 rings (SSSR count). The Labute approximate surface area is 281 Å². The summed E-state index contributed by atoms with van der Waals surface area (Å²) >= 11 is 0. The highest BCUT2D eigenvalue weighted by Crippen LogP contribution is 2.45. The minimum Gasteiger partial charge on any atom is -0.497 e. The van der Waals surface area contributed by atoms with Gasteiger partial charge in [0.05, 0.1) is 19.1 Å². The van der Waals surface area contributed by atoms with E-state index < -0.39 is 69.8 Å². The smallest absolute Gasteiger partial charge is 0.421 e. The number of rotatable bonds is 9. The van der Waals surface area contributed by atoms with E-state index in [1.807, 2.05) is 9.24 Å². The zero-order valence-corrected chi connectivity index (χ0v) is 28.5. The third-order valence-corrected chi connectivity index (χ3v) is 9.82. The molecule has 2 aromatic carbocycles. The molecule has 3 aromatic rings. The number of aromatic nitrogens is 1. The number of methoxy groups -OCH3 is 1. The second-order valence-corrected chi connectivity index (χ2v) is 14.0. The molecule has 2 fully saturated rings. The van der Waals surface area contributed by atoms with E-state index in [0.717, 1.165) is 33.8 Å². The molecular weight excluding hydrogens is 696 g/mol. The lowest BCUT2D eigenvalue weighted by Crippen LogP contribution is -2.49. The number of amides is 2. The maximum Gasteiger partial charge on any atom is 0.421 e. The van der Waals surface area contributed by atoms with Crippen LogP contribution >= 0.6 is 9.24 Å². The van der Waals surface area contributed by atoms with Crippen molar-refractivity contribution in [3.05, 3.63) is 76.7 Å². The molecule has 2 saturated heterocycles. The summed E-state index contributed by atoms with van der Waals surface area (Å²) < 4.78 is 109. The van der Waals surface area contributed by atoms with Gasteiger partial charge in [-0.1, -0.05) is 9.24 Å². The standard InChI is InChI=1S/C31H33F5N5O6PS/c1-17-14-20(46-2)15-22(32)24(17)21-16-41(29(43)26(21)38-28(42)18-4-6-19(7-5-18)47-30(33)48)27-25(31(34,35)36)23(8-9-37-27)39-10-12-40(13-11-39)49(3,44)45/h4-9,14-15,21,26,30H,10-13,16,48H2,1-3H3,(H,38,42)/t21-,26-,30?/m0/s1. The summed E-state index contributed by atoms with van der Waals surface area (Å²) in [4.78, 5) is 33.6. The van der Waals surface area contributed by atoms with Crippen LogP contribution < -0.4 is 24.6 Å². The largest absolute Gasteiger partial charge is 0.497 e. The molecule has 11 nitrogen and oxygen atoms in total. The third-order valence-electron chi connectivity index (χ3n) is 8.38. The van der Waals surface area contributed by atoms with Gasteiger partial charge in [-0.05, 0) is 54.4 Å². The van der Waals surface area contributed by atoms with E-state index in [4.69, 9.17) is 9.47 Å². The summed E-state index contributed by atoms with van der Waals surface area (Å²) in [5, 5.41) is 2.56. The number of benzene rings is 2. The molecule has 0 spiro atoms. The van der Waals surface area contributed by atoms with Crippen LogP contribution in [0.15, 0.2) is 48.7 Å². The second-order valence-electron chi connectivity index (χ2n) is 11.5. The van der Waals surface area contributed by atoms with Crippen LogP contribution in [0.4, 0.5) is 33.5 Å². The van der Waals surface area contributed by atoms with Crippen molar-refractivity contribution in [1.29, 1.82) is 0 Å². The summed E-state index contributed by atoms with van der Waals surface area (Å²) in [5.41, 5.74) is -1.20. The number of sulfonamides is 1. The molecule has 0 aliphatic carbocycles. The highest BCUT2D eigenvalue weighted by Gasteiger charge is 2.49. The van der Waals surface area contributed by atoms with Crippen molar-refractivity contribution in [2.24, 2.45) is 0 Å². The van der Waals surface area contributed by atoms with Crippen molar-refractivity contribution in [2.75, 3.05) is 55.9 Å². The molecule has 3 heterocycles. The Bertz CT molecular complexity index is 1820. The zero-order valence-electron chi connectivity index (χ0n) is 26.5. The number of nitrogens with one attached hydrogen (secondary N) is 1. The highest BCUT2D eigenvalue weighted by atomic mass is 32.2. The lowest BCUT2D eigenvalue weighted by molar-refractivity contribution is -0.136. The van der Waals surface area contributed by atoms with Gasteiger partial charge in [0.15, 0.2) is 0 Å². The Hall–Kier alpha value is -4.08. The van der Waals surface area contributed by atoms with Crippen molar-refractivity contribution >= 4 is 42.6 Å².